The first-order valence-electron chi connectivity index (χ1n) is 4.57. The van der Waals surface area contributed by atoms with Gasteiger partial charge in [0, 0.05) is 0 Å². The Morgan fingerprint density at radius 3 is 2.83 bits per heavy atom. The number of hydrogen-bond acceptors (Lipinski definition) is 2. The van der Waals surface area contributed by atoms with Crippen LogP contribution in [0, 0.1) is 12.8 Å². The van der Waals surface area contributed by atoms with Crippen molar-refractivity contribution in [1.29, 1.82) is 0 Å². The van der Waals surface area contributed by atoms with Crippen LogP contribution in [0.1, 0.15) is 30.9 Å². The molecule has 2 atom stereocenters. The molecule has 1 fully saturated rings. The summed E-state index contributed by atoms with van der Waals surface area (Å²) in [6, 6.07) is 4.55. The van der Waals surface area contributed by atoms with Gasteiger partial charge in [0.25, 0.3) is 0 Å². The van der Waals surface area contributed by atoms with Crippen LogP contribution in [0.25, 0.3) is 0 Å². The predicted molar refractivity (Wildman–Crippen MR) is 48.0 cm³/mol. The van der Waals surface area contributed by atoms with Crippen LogP contribution in [0.2, 0.25) is 0 Å². The van der Waals surface area contributed by atoms with Gasteiger partial charge in [-0.05, 0) is 37.9 Å². The first kappa shape index (κ1) is 7.87. The molecule has 1 saturated heterocycles. The molecule has 1 aromatic rings. The van der Waals surface area contributed by atoms with Gasteiger partial charge in [-0.2, -0.15) is 0 Å². The van der Waals surface area contributed by atoms with Crippen molar-refractivity contribution in [2.75, 3.05) is 6.54 Å². The molecule has 0 aliphatic carbocycles. The molecule has 0 aromatic carbocycles. The molecule has 2 rings (SSSR count). The molecule has 2 nitrogen and oxygen atoms in total. The highest BCUT2D eigenvalue weighted by Crippen LogP contribution is 2.29. The second kappa shape index (κ2) is 2.94. The molecule has 0 bridgehead atoms. The molecule has 0 radical (unpaired) electrons. The third-order valence-electron chi connectivity index (χ3n) is 2.60. The molecule has 0 saturated carbocycles. The van der Waals surface area contributed by atoms with E-state index in [1.807, 2.05) is 13.0 Å². The van der Waals surface area contributed by atoms with Crippen LogP contribution >= 0.6 is 0 Å². The lowest BCUT2D eigenvalue weighted by Gasteiger charge is -2.11. The molecule has 1 aliphatic rings. The van der Waals surface area contributed by atoms with Crippen LogP contribution in [-0.2, 0) is 0 Å². The fraction of sp³-hybridized carbons (Fsp3) is 0.600. The van der Waals surface area contributed by atoms with Gasteiger partial charge in [0.1, 0.15) is 11.5 Å². The van der Waals surface area contributed by atoms with Crippen molar-refractivity contribution in [2.45, 2.75) is 26.3 Å². The van der Waals surface area contributed by atoms with Crippen molar-refractivity contribution in [3.8, 4) is 0 Å². The Bertz CT molecular complexity index is 267. The zero-order valence-corrected chi connectivity index (χ0v) is 7.63. The van der Waals surface area contributed by atoms with Gasteiger partial charge in [-0.15, -0.1) is 0 Å². The Labute approximate surface area is 73.0 Å². The smallest absolute Gasteiger partial charge is 0.121 e. The van der Waals surface area contributed by atoms with Gasteiger partial charge >= 0.3 is 0 Å². The lowest BCUT2D eigenvalue weighted by Crippen LogP contribution is -2.15. The van der Waals surface area contributed by atoms with Gasteiger partial charge in [-0.1, -0.05) is 6.92 Å². The SMILES string of the molecule is Cc1ccc(C2NCCC2C)o1. The van der Waals surface area contributed by atoms with E-state index in [1.54, 1.807) is 0 Å². The molecule has 1 aromatic heterocycles. The normalized spacial score (nSPS) is 29.5. The highest BCUT2D eigenvalue weighted by molar-refractivity contribution is 5.11. The number of furan rings is 1. The van der Waals surface area contributed by atoms with E-state index in [1.165, 1.54) is 6.42 Å². The Hall–Kier alpha value is -0.760. The van der Waals surface area contributed by atoms with E-state index in [-0.39, 0.29) is 0 Å². The van der Waals surface area contributed by atoms with Crippen molar-refractivity contribution in [1.82, 2.24) is 5.32 Å². The van der Waals surface area contributed by atoms with E-state index in [9.17, 15) is 0 Å². The predicted octanol–water partition coefficient (Wildman–Crippen LogP) is 2.26. The molecular formula is C10H15NO. The van der Waals surface area contributed by atoms with Crippen LogP contribution in [0.4, 0.5) is 0 Å². The summed E-state index contributed by atoms with van der Waals surface area (Å²) in [6.45, 7) is 5.37. The molecular weight excluding hydrogens is 150 g/mol. The Morgan fingerprint density at radius 1 is 1.50 bits per heavy atom. The molecule has 2 heteroatoms. The second-order valence-electron chi connectivity index (χ2n) is 3.65. The summed E-state index contributed by atoms with van der Waals surface area (Å²) in [4.78, 5) is 0. The Morgan fingerprint density at radius 2 is 2.33 bits per heavy atom. The monoisotopic (exact) mass is 165 g/mol. The Balaban J connectivity index is 2.19. The van der Waals surface area contributed by atoms with Crippen molar-refractivity contribution in [3.05, 3.63) is 23.7 Å². The maximum absolute atomic E-state index is 5.58. The minimum absolute atomic E-state index is 0.443. The molecule has 0 spiro atoms. The van der Waals surface area contributed by atoms with Gasteiger partial charge in [-0.3, -0.25) is 0 Å². The largest absolute Gasteiger partial charge is 0.465 e. The van der Waals surface area contributed by atoms with E-state index in [2.05, 4.69) is 18.3 Å². The standard InChI is InChI=1S/C10H15NO/c1-7-5-6-11-10(7)9-4-3-8(2)12-9/h3-4,7,10-11H,5-6H2,1-2H3. The van der Waals surface area contributed by atoms with E-state index in [4.69, 9.17) is 4.42 Å². The van der Waals surface area contributed by atoms with E-state index < -0.39 is 0 Å². The summed E-state index contributed by atoms with van der Waals surface area (Å²) in [5, 5.41) is 3.44. The van der Waals surface area contributed by atoms with Crippen molar-refractivity contribution in [3.63, 3.8) is 0 Å². The van der Waals surface area contributed by atoms with Gasteiger partial charge in [0.15, 0.2) is 0 Å². The molecule has 2 heterocycles. The quantitative estimate of drug-likeness (QED) is 0.690. The summed E-state index contributed by atoms with van der Waals surface area (Å²) in [7, 11) is 0. The van der Waals surface area contributed by atoms with Gasteiger partial charge in [0.05, 0.1) is 6.04 Å². The van der Waals surface area contributed by atoms with Crippen LogP contribution in [0.15, 0.2) is 16.5 Å². The van der Waals surface area contributed by atoms with E-state index in [0.29, 0.717) is 12.0 Å². The second-order valence-corrected chi connectivity index (χ2v) is 3.65. The van der Waals surface area contributed by atoms with E-state index in [0.717, 1.165) is 18.1 Å². The number of aryl methyl sites for hydroxylation is 1. The minimum Gasteiger partial charge on any atom is -0.465 e. The summed E-state index contributed by atoms with van der Waals surface area (Å²) in [5.74, 6) is 2.80. The summed E-state index contributed by atoms with van der Waals surface area (Å²) < 4.78 is 5.58. The topological polar surface area (TPSA) is 25.2 Å². The maximum atomic E-state index is 5.58. The third-order valence-corrected chi connectivity index (χ3v) is 2.60. The summed E-state index contributed by atoms with van der Waals surface area (Å²) in [5.41, 5.74) is 0. The zero-order chi connectivity index (χ0) is 8.55. The molecule has 66 valence electrons. The highest BCUT2D eigenvalue weighted by Gasteiger charge is 2.26. The average molecular weight is 165 g/mol. The maximum Gasteiger partial charge on any atom is 0.121 e. The fourth-order valence-electron chi connectivity index (χ4n) is 1.84. The average Bonchev–Trinajstić information content (AvgIpc) is 2.58. The molecule has 1 aliphatic heterocycles. The van der Waals surface area contributed by atoms with Gasteiger partial charge < -0.3 is 9.73 Å². The lowest BCUT2D eigenvalue weighted by molar-refractivity contribution is 0.383. The first-order valence-corrected chi connectivity index (χ1v) is 4.57. The van der Waals surface area contributed by atoms with Crippen molar-refractivity contribution >= 4 is 0 Å². The minimum atomic E-state index is 0.443. The van der Waals surface area contributed by atoms with Crippen LogP contribution in [0.3, 0.4) is 0 Å². The summed E-state index contributed by atoms with van der Waals surface area (Å²) in [6.07, 6.45) is 1.25. The highest BCUT2D eigenvalue weighted by atomic mass is 16.3. The van der Waals surface area contributed by atoms with Crippen molar-refractivity contribution < 1.29 is 4.42 Å². The molecule has 2 unspecified atom stereocenters. The Kier molecular flexibility index (Phi) is 1.93. The van der Waals surface area contributed by atoms with Crippen LogP contribution in [0.5, 0.6) is 0 Å². The van der Waals surface area contributed by atoms with Crippen LogP contribution in [-0.4, -0.2) is 6.54 Å². The molecule has 12 heavy (non-hydrogen) atoms. The number of rotatable bonds is 1. The zero-order valence-electron chi connectivity index (χ0n) is 7.63. The van der Waals surface area contributed by atoms with Crippen LogP contribution < -0.4 is 5.32 Å². The van der Waals surface area contributed by atoms with Crippen molar-refractivity contribution in [2.24, 2.45) is 5.92 Å². The fourth-order valence-corrected chi connectivity index (χ4v) is 1.84. The van der Waals surface area contributed by atoms with Gasteiger partial charge in [-0.25, -0.2) is 0 Å². The molecule has 1 N–H and O–H groups in total. The molecule has 0 amide bonds. The van der Waals surface area contributed by atoms with E-state index >= 15 is 0 Å². The number of nitrogens with one attached hydrogen (secondary N) is 1. The first-order chi connectivity index (χ1) is 5.77. The lowest BCUT2D eigenvalue weighted by atomic mass is 10.0. The third kappa shape index (κ3) is 1.27. The number of hydrogen-bond donors (Lipinski definition) is 1. The van der Waals surface area contributed by atoms with Gasteiger partial charge in [0.2, 0.25) is 0 Å². The summed E-state index contributed by atoms with van der Waals surface area (Å²) >= 11 is 0.